The summed E-state index contributed by atoms with van der Waals surface area (Å²) in [7, 11) is -3.51. The maximum absolute atomic E-state index is 12.4. The molecule has 1 saturated heterocycles. The van der Waals surface area contributed by atoms with Gasteiger partial charge in [-0.1, -0.05) is 6.07 Å². The first-order valence-corrected chi connectivity index (χ1v) is 11.5. The molecule has 0 saturated carbocycles. The number of fused-ring (bicyclic) bond motifs is 1. The van der Waals surface area contributed by atoms with Gasteiger partial charge in [0.2, 0.25) is 10.0 Å². The maximum atomic E-state index is 12.4. The Hall–Kier alpha value is -3.07. The number of hydrogen-bond donors (Lipinski definition) is 1. The summed E-state index contributed by atoms with van der Waals surface area (Å²) in [6, 6.07) is 11.1. The van der Waals surface area contributed by atoms with Crippen LogP contribution >= 0.6 is 11.3 Å². The van der Waals surface area contributed by atoms with Crippen LogP contribution in [0, 0.1) is 21.4 Å². The lowest BCUT2D eigenvalue weighted by molar-refractivity contribution is -0.384. The SMILES string of the molecule is N#Cc1cc(N2CCC(NS(=O)(=O)c3cccs3)CC2)nc2ccc([N+](=O)[O-])cc12. The molecular weight excluding hydrogens is 426 g/mol. The molecule has 11 heteroatoms. The van der Waals surface area contributed by atoms with Crippen LogP contribution in [0.3, 0.4) is 0 Å². The Morgan fingerprint density at radius 2 is 2.03 bits per heavy atom. The highest BCUT2D eigenvalue weighted by Crippen LogP contribution is 2.28. The van der Waals surface area contributed by atoms with Gasteiger partial charge in [0.15, 0.2) is 0 Å². The van der Waals surface area contributed by atoms with Gasteiger partial charge < -0.3 is 4.90 Å². The maximum Gasteiger partial charge on any atom is 0.270 e. The van der Waals surface area contributed by atoms with Crippen LogP contribution in [0.2, 0.25) is 0 Å². The van der Waals surface area contributed by atoms with Crippen LogP contribution in [-0.2, 0) is 10.0 Å². The van der Waals surface area contributed by atoms with Gasteiger partial charge in [-0.3, -0.25) is 10.1 Å². The molecule has 0 atom stereocenters. The molecule has 154 valence electrons. The van der Waals surface area contributed by atoms with Crippen molar-refractivity contribution in [3.8, 4) is 6.07 Å². The molecule has 0 aliphatic carbocycles. The van der Waals surface area contributed by atoms with E-state index < -0.39 is 14.9 Å². The summed E-state index contributed by atoms with van der Waals surface area (Å²) in [6.45, 7) is 1.15. The summed E-state index contributed by atoms with van der Waals surface area (Å²) in [5.74, 6) is 0.604. The van der Waals surface area contributed by atoms with E-state index in [2.05, 4.69) is 15.8 Å². The van der Waals surface area contributed by atoms with Gasteiger partial charge in [0.1, 0.15) is 10.0 Å². The lowest BCUT2D eigenvalue weighted by Gasteiger charge is -2.33. The summed E-state index contributed by atoms with van der Waals surface area (Å²) in [4.78, 5) is 17.1. The number of piperidine rings is 1. The molecule has 3 heterocycles. The van der Waals surface area contributed by atoms with Crippen molar-refractivity contribution in [3.05, 3.63) is 57.5 Å². The van der Waals surface area contributed by atoms with Crippen LogP contribution in [0.5, 0.6) is 0 Å². The van der Waals surface area contributed by atoms with E-state index >= 15 is 0 Å². The van der Waals surface area contributed by atoms with Crippen molar-refractivity contribution in [3.63, 3.8) is 0 Å². The van der Waals surface area contributed by atoms with Crippen molar-refractivity contribution in [2.75, 3.05) is 18.0 Å². The van der Waals surface area contributed by atoms with E-state index in [1.807, 2.05) is 4.90 Å². The van der Waals surface area contributed by atoms with Crippen molar-refractivity contribution in [1.29, 1.82) is 5.26 Å². The Morgan fingerprint density at radius 3 is 2.67 bits per heavy atom. The number of anilines is 1. The third kappa shape index (κ3) is 3.97. The van der Waals surface area contributed by atoms with Crippen LogP contribution in [0.25, 0.3) is 10.9 Å². The normalized spacial score (nSPS) is 15.2. The number of non-ortho nitro benzene ring substituents is 1. The first-order chi connectivity index (χ1) is 14.4. The van der Waals surface area contributed by atoms with E-state index in [4.69, 9.17) is 0 Å². The van der Waals surface area contributed by atoms with Gasteiger partial charge in [-0.2, -0.15) is 5.26 Å². The third-order valence-corrected chi connectivity index (χ3v) is 7.93. The van der Waals surface area contributed by atoms with E-state index in [0.29, 0.717) is 52.4 Å². The largest absolute Gasteiger partial charge is 0.356 e. The van der Waals surface area contributed by atoms with Gasteiger partial charge >= 0.3 is 0 Å². The number of nitro groups is 1. The molecule has 4 rings (SSSR count). The zero-order valence-corrected chi connectivity index (χ0v) is 17.3. The standard InChI is InChI=1S/C19H17N5O4S2/c20-12-13-10-18(21-17-4-3-15(24(25)26)11-16(13)17)23-7-5-14(6-8-23)22-30(27,28)19-2-1-9-29-19/h1-4,9-11,14,22H,5-8H2. The Bertz CT molecular complexity index is 1240. The van der Waals surface area contributed by atoms with Gasteiger partial charge in [-0.25, -0.2) is 18.1 Å². The molecule has 1 aliphatic heterocycles. The minimum atomic E-state index is -3.51. The number of nitro benzene ring substituents is 1. The number of sulfonamides is 1. The predicted molar refractivity (Wildman–Crippen MR) is 113 cm³/mol. The molecule has 1 aliphatic rings. The van der Waals surface area contributed by atoms with Gasteiger partial charge in [0.05, 0.1) is 22.1 Å². The highest BCUT2D eigenvalue weighted by molar-refractivity contribution is 7.91. The van der Waals surface area contributed by atoms with Gasteiger partial charge in [0, 0.05) is 36.7 Å². The van der Waals surface area contributed by atoms with E-state index in [1.165, 1.54) is 23.5 Å². The number of nitrogens with one attached hydrogen (secondary N) is 1. The Morgan fingerprint density at radius 1 is 1.27 bits per heavy atom. The number of benzene rings is 1. The molecular formula is C19H17N5O4S2. The first kappa shape index (κ1) is 20.2. The smallest absolute Gasteiger partial charge is 0.270 e. The van der Waals surface area contributed by atoms with Crippen molar-refractivity contribution >= 4 is 43.8 Å². The zero-order valence-electron chi connectivity index (χ0n) is 15.7. The molecule has 0 unspecified atom stereocenters. The number of nitrogens with zero attached hydrogens (tertiary/aromatic N) is 4. The highest BCUT2D eigenvalue weighted by Gasteiger charge is 2.26. The van der Waals surface area contributed by atoms with Crippen LogP contribution in [0.4, 0.5) is 11.5 Å². The van der Waals surface area contributed by atoms with E-state index in [1.54, 1.807) is 29.6 Å². The molecule has 0 spiro atoms. The topological polar surface area (TPSA) is 129 Å². The molecule has 1 fully saturated rings. The summed E-state index contributed by atoms with van der Waals surface area (Å²) >= 11 is 1.18. The van der Waals surface area contributed by atoms with Gasteiger partial charge in [-0.05, 0) is 36.4 Å². The minimum absolute atomic E-state index is 0.0904. The van der Waals surface area contributed by atoms with E-state index in [9.17, 15) is 23.8 Å². The fourth-order valence-corrected chi connectivity index (χ4v) is 5.80. The Balaban J connectivity index is 1.51. The number of aromatic nitrogens is 1. The second-order valence-electron chi connectivity index (χ2n) is 6.91. The number of rotatable bonds is 5. The lowest BCUT2D eigenvalue weighted by atomic mass is 10.0. The second-order valence-corrected chi connectivity index (χ2v) is 9.80. The molecule has 9 nitrogen and oxygen atoms in total. The van der Waals surface area contributed by atoms with E-state index in [-0.39, 0.29) is 11.7 Å². The highest BCUT2D eigenvalue weighted by atomic mass is 32.2. The van der Waals surface area contributed by atoms with Crippen molar-refractivity contribution < 1.29 is 13.3 Å². The minimum Gasteiger partial charge on any atom is -0.356 e. The number of pyridine rings is 1. The van der Waals surface area contributed by atoms with Crippen LogP contribution in [-0.4, -0.2) is 37.5 Å². The Kier molecular flexibility index (Phi) is 5.38. The molecule has 0 amide bonds. The summed E-state index contributed by atoms with van der Waals surface area (Å²) < 4.78 is 27.9. The second kappa shape index (κ2) is 7.98. The fourth-order valence-electron chi connectivity index (χ4n) is 3.49. The number of hydrogen-bond acceptors (Lipinski definition) is 8. The molecule has 0 radical (unpaired) electrons. The summed E-state index contributed by atoms with van der Waals surface area (Å²) in [5, 5.41) is 22.7. The number of nitriles is 1. The molecule has 1 aromatic carbocycles. The lowest BCUT2D eigenvalue weighted by Crippen LogP contribution is -2.44. The quantitative estimate of drug-likeness (QED) is 0.474. The van der Waals surface area contributed by atoms with Crippen molar-refractivity contribution in [2.24, 2.45) is 0 Å². The molecule has 2 aromatic heterocycles. The van der Waals surface area contributed by atoms with Gasteiger partial charge in [0.25, 0.3) is 5.69 Å². The molecule has 0 bridgehead atoms. The molecule has 3 aromatic rings. The van der Waals surface area contributed by atoms with Crippen LogP contribution in [0.1, 0.15) is 18.4 Å². The van der Waals surface area contributed by atoms with Crippen molar-refractivity contribution in [2.45, 2.75) is 23.1 Å². The molecule has 1 N–H and O–H groups in total. The number of thiophene rings is 1. The molecule has 30 heavy (non-hydrogen) atoms. The summed E-state index contributed by atoms with van der Waals surface area (Å²) in [5.41, 5.74) is 0.738. The fraction of sp³-hybridized carbons (Fsp3) is 0.263. The van der Waals surface area contributed by atoms with E-state index in [0.717, 1.165) is 0 Å². The summed E-state index contributed by atoms with van der Waals surface area (Å²) in [6.07, 6.45) is 1.21. The van der Waals surface area contributed by atoms with Gasteiger partial charge in [-0.15, -0.1) is 11.3 Å². The average molecular weight is 444 g/mol. The van der Waals surface area contributed by atoms with Crippen LogP contribution in [0.15, 0.2) is 46.0 Å². The Labute approximate surface area is 176 Å². The third-order valence-electron chi connectivity index (χ3n) is 5.01. The van der Waals surface area contributed by atoms with Crippen LogP contribution < -0.4 is 9.62 Å². The zero-order chi connectivity index (χ0) is 21.3. The average Bonchev–Trinajstić information content (AvgIpc) is 3.29. The predicted octanol–water partition coefficient (Wildman–Crippen LogP) is 3.02. The van der Waals surface area contributed by atoms with Crippen molar-refractivity contribution in [1.82, 2.24) is 9.71 Å². The monoisotopic (exact) mass is 443 g/mol. The first-order valence-electron chi connectivity index (χ1n) is 9.17.